The van der Waals surface area contributed by atoms with E-state index in [2.05, 4.69) is 0 Å². The minimum absolute atomic E-state index is 0.172. The molecule has 0 fully saturated rings. The normalized spacial score (nSPS) is 15.1. The van der Waals surface area contributed by atoms with Crippen LogP contribution in [0.4, 0.5) is 8.78 Å². The molecule has 3 heteroatoms. The molecule has 1 aromatic carbocycles. The van der Waals surface area contributed by atoms with Gasteiger partial charge in [-0.3, -0.25) is 0 Å². The number of rotatable bonds is 3. The zero-order chi connectivity index (χ0) is 11.6. The van der Waals surface area contributed by atoms with Gasteiger partial charge in [0.05, 0.1) is 5.38 Å². The maximum Gasteiger partial charge on any atom is 0.130 e. The van der Waals surface area contributed by atoms with Gasteiger partial charge in [-0.15, -0.1) is 11.6 Å². The maximum atomic E-state index is 13.5. The van der Waals surface area contributed by atoms with Crippen molar-refractivity contribution in [2.75, 3.05) is 0 Å². The Bertz CT molecular complexity index is 350. The standard InChI is InChI=1S/C12H15ClF2/c1-4-7(2)12(13)9-5-8(3)10(14)6-11(9)15/h5-7,12H,4H2,1-3H3. The Balaban J connectivity index is 3.09. The topological polar surface area (TPSA) is 0 Å². The monoisotopic (exact) mass is 232 g/mol. The fourth-order valence-electron chi connectivity index (χ4n) is 1.40. The minimum Gasteiger partial charge on any atom is -0.207 e. The summed E-state index contributed by atoms with van der Waals surface area (Å²) in [4.78, 5) is 0. The molecule has 0 amide bonds. The maximum absolute atomic E-state index is 13.5. The van der Waals surface area contributed by atoms with Gasteiger partial charge in [-0.25, -0.2) is 8.78 Å². The molecule has 1 rings (SSSR count). The summed E-state index contributed by atoms with van der Waals surface area (Å²) in [7, 11) is 0. The van der Waals surface area contributed by atoms with Gasteiger partial charge in [0.1, 0.15) is 11.6 Å². The molecule has 0 aliphatic rings. The summed E-state index contributed by atoms with van der Waals surface area (Å²) < 4.78 is 26.5. The van der Waals surface area contributed by atoms with Crippen LogP contribution in [0.5, 0.6) is 0 Å². The molecule has 0 N–H and O–H groups in total. The Morgan fingerprint density at radius 2 is 1.87 bits per heavy atom. The first-order valence-corrected chi connectivity index (χ1v) is 5.50. The largest absolute Gasteiger partial charge is 0.207 e. The van der Waals surface area contributed by atoms with Crippen LogP contribution in [-0.2, 0) is 0 Å². The first kappa shape index (κ1) is 12.4. The van der Waals surface area contributed by atoms with Crippen molar-refractivity contribution in [2.45, 2.75) is 32.6 Å². The van der Waals surface area contributed by atoms with E-state index in [4.69, 9.17) is 11.6 Å². The lowest BCUT2D eigenvalue weighted by molar-refractivity contribution is 0.508. The zero-order valence-corrected chi connectivity index (χ0v) is 9.91. The second-order valence-electron chi connectivity index (χ2n) is 3.91. The summed E-state index contributed by atoms with van der Waals surface area (Å²) >= 11 is 6.12. The van der Waals surface area contributed by atoms with Crippen LogP contribution in [0.1, 0.15) is 36.8 Å². The third kappa shape index (κ3) is 2.69. The highest BCUT2D eigenvalue weighted by Gasteiger charge is 2.19. The summed E-state index contributed by atoms with van der Waals surface area (Å²) in [5.41, 5.74) is 0.824. The van der Waals surface area contributed by atoms with Crippen LogP contribution in [0.15, 0.2) is 12.1 Å². The van der Waals surface area contributed by atoms with E-state index in [0.717, 1.165) is 12.5 Å². The van der Waals surface area contributed by atoms with Gasteiger partial charge in [0.25, 0.3) is 0 Å². The molecule has 0 aromatic heterocycles. The number of hydrogen-bond donors (Lipinski definition) is 0. The second kappa shape index (κ2) is 4.93. The van der Waals surface area contributed by atoms with Gasteiger partial charge in [0, 0.05) is 11.6 Å². The van der Waals surface area contributed by atoms with Crippen LogP contribution in [0.2, 0.25) is 0 Å². The molecular weight excluding hydrogens is 218 g/mol. The number of hydrogen-bond acceptors (Lipinski definition) is 0. The van der Waals surface area contributed by atoms with E-state index >= 15 is 0 Å². The molecule has 84 valence electrons. The van der Waals surface area contributed by atoms with Gasteiger partial charge in [-0.1, -0.05) is 20.3 Å². The van der Waals surface area contributed by atoms with Crippen LogP contribution in [-0.4, -0.2) is 0 Å². The molecule has 0 spiro atoms. The van der Waals surface area contributed by atoms with Gasteiger partial charge < -0.3 is 0 Å². The van der Waals surface area contributed by atoms with Crippen LogP contribution < -0.4 is 0 Å². The van der Waals surface area contributed by atoms with Crippen molar-refractivity contribution in [2.24, 2.45) is 5.92 Å². The van der Waals surface area contributed by atoms with Crippen molar-refractivity contribution in [3.8, 4) is 0 Å². The van der Waals surface area contributed by atoms with E-state index in [1.165, 1.54) is 6.07 Å². The minimum atomic E-state index is -0.557. The molecule has 0 saturated heterocycles. The molecular formula is C12H15ClF2. The van der Waals surface area contributed by atoms with Crippen molar-refractivity contribution in [1.82, 2.24) is 0 Å². The van der Waals surface area contributed by atoms with E-state index in [9.17, 15) is 8.78 Å². The van der Waals surface area contributed by atoms with Crippen molar-refractivity contribution in [3.05, 3.63) is 34.9 Å². The van der Waals surface area contributed by atoms with Crippen molar-refractivity contribution in [1.29, 1.82) is 0 Å². The molecule has 0 radical (unpaired) electrons. The predicted octanol–water partition coefficient (Wildman–Crippen LogP) is 4.60. The molecule has 2 atom stereocenters. The Kier molecular flexibility index (Phi) is 4.09. The van der Waals surface area contributed by atoms with E-state index in [1.807, 2.05) is 13.8 Å². The first-order chi connectivity index (χ1) is 6.97. The second-order valence-corrected chi connectivity index (χ2v) is 4.38. The Morgan fingerprint density at radius 1 is 1.27 bits per heavy atom. The Hall–Kier alpha value is -0.630. The van der Waals surface area contributed by atoms with Gasteiger partial charge in [0.15, 0.2) is 0 Å². The van der Waals surface area contributed by atoms with Gasteiger partial charge in [-0.2, -0.15) is 0 Å². The molecule has 15 heavy (non-hydrogen) atoms. The van der Waals surface area contributed by atoms with Gasteiger partial charge in [0.2, 0.25) is 0 Å². The van der Waals surface area contributed by atoms with Gasteiger partial charge in [-0.05, 0) is 24.5 Å². The van der Waals surface area contributed by atoms with Gasteiger partial charge >= 0.3 is 0 Å². The molecule has 0 saturated carbocycles. The molecule has 1 aromatic rings. The highest BCUT2D eigenvalue weighted by molar-refractivity contribution is 6.21. The number of halogens is 3. The van der Waals surface area contributed by atoms with Crippen LogP contribution in [0.25, 0.3) is 0 Å². The summed E-state index contributed by atoms with van der Waals surface area (Å²) in [6.45, 7) is 5.56. The third-order valence-electron chi connectivity index (χ3n) is 2.72. The van der Waals surface area contributed by atoms with Crippen molar-refractivity contribution < 1.29 is 8.78 Å². The number of benzene rings is 1. The van der Waals surface area contributed by atoms with Crippen LogP contribution >= 0.6 is 11.6 Å². The first-order valence-electron chi connectivity index (χ1n) is 5.07. The lowest BCUT2D eigenvalue weighted by atomic mass is 9.96. The summed E-state index contributed by atoms with van der Waals surface area (Å²) in [5, 5.41) is -0.394. The summed E-state index contributed by atoms with van der Waals surface area (Å²) in [6, 6.07) is 2.40. The number of alkyl halides is 1. The Labute approximate surface area is 94.3 Å². The van der Waals surface area contributed by atoms with Crippen molar-refractivity contribution >= 4 is 11.6 Å². The zero-order valence-electron chi connectivity index (χ0n) is 9.15. The summed E-state index contributed by atoms with van der Waals surface area (Å²) in [6.07, 6.45) is 0.865. The summed E-state index contributed by atoms with van der Waals surface area (Å²) in [5.74, 6) is -0.909. The highest BCUT2D eigenvalue weighted by atomic mass is 35.5. The lowest BCUT2D eigenvalue weighted by Gasteiger charge is -2.17. The number of aryl methyl sites for hydroxylation is 1. The van der Waals surface area contributed by atoms with E-state index in [-0.39, 0.29) is 5.92 Å². The quantitative estimate of drug-likeness (QED) is 0.669. The fraction of sp³-hybridized carbons (Fsp3) is 0.500. The highest BCUT2D eigenvalue weighted by Crippen LogP contribution is 2.33. The fourth-order valence-corrected chi connectivity index (χ4v) is 1.75. The molecule has 2 unspecified atom stereocenters. The smallest absolute Gasteiger partial charge is 0.130 e. The van der Waals surface area contributed by atoms with E-state index < -0.39 is 17.0 Å². The molecule has 0 heterocycles. The molecule has 0 nitrogen and oxygen atoms in total. The van der Waals surface area contributed by atoms with Crippen LogP contribution in [0, 0.1) is 24.5 Å². The predicted molar refractivity (Wildman–Crippen MR) is 59.1 cm³/mol. The Morgan fingerprint density at radius 3 is 2.40 bits per heavy atom. The third-order valence-corrected chi connectivity index (χ3v) is 3.38. The van der Waals surface area contributed by atoms with Crippen molar-refractivity contribution in [3.63, 3.8) is 0 Å². The molecule has 0 aliphatic carbocycles. The SMILES string of the molecule is CCC(C)C(Cl)c1cc(C)c(F)cc1F. The molecule has 0 bridgehead atoms. The van der Waals surface area contributed by atoms with E-state index in [0.29, 0.717) is 11.1 Å². The lowest BCUT2D eigenvalue weighted by Crippen LogP contribution is -2.06. The average Bonchev–Trinajstić information content (AvgIpc) is 2.21. The average molecular weight is 233 g/mol. The van der Waals surface area contributed by atoms with E-state index in [1.54, 1.807) is 6.92 Å². The molecule has 0 aliphatic heterocycles. The van der Waals surface area contributed by atoms with Crippen LogP contribution in [0.3, 0.4) is 0 Å².